The molecule has 1 atom stereocenters. The van der Waals surface area contributed by atoms with Gasteiger partial charge in [-0.15, -0.1) is 11.3 Å². The standard InChI is InChI=1S/C16H21NO5S/c1-4-9-6-7-10-11(8-9)23-14(12(10)15(19)22-5-2)17-13(18)16(20)21-3/h9H,4-8H2,1-3H3,(H,17,18). The van der Waals surface area contributed by atoms with E-state index in [0.29, 0.717) is 16.5 Å². The summed E-state index contributed by atoms with van der Waals surface area (Å²) in [5, 5.41) is 2.87. The van der Waals surface area contributed by atoms with Gasteiger partial charge < -0.3 is 14.8 Å². The molecule has 1 aliphatic rings. The quantitative estimate of drug-likeness (QED) is 0.673. The lowest BCUT2D eigenvalue weighted by atomic mass is 9.85. The first kappa shape index (κ1) is 17.5. The van der Waals surface area contributed by atoms with E-state index in [9.17, 15) is 14.4 Å². The highest BCUT2D eigenvalue weighted by molar-refractivity contribution is 7.17. The summed E-state index contributed by atoms with van der Waals surface area (Å²) in [5.41, 5.74) is 1.33. The fourth-order valence-corrected chi connectivity index (χ4v) is 4.10. The number of fused-ring (bicyclic) bond motifs is 1. The smallest absolute Gasteiger partial charge is 0.396 e. The molecule has 2 rings (SSSR count). The zero-order valence-corrected chi connectivity index (χ0v) is 14.4. The normalized spacial score (nSPS) is 16.4. The van der Waals surface area contributed by atoms with Crippen molar-refractivity contribution in [3.8, 4) is 0 Å². The fourth-order valence-electron chi connectivity index (χ4n) is 2.76. The van der Waals surface area contributed by atoms with Crippen LogP contribution in [0.5, 0.6) is 0 Å². The summed E-state index contributed by atoms with van der Waals surface area (Å²) >= 11 is 1.35. The van der Waals surface area contributed by atoms with Gasteiger partial charge in [0.15, 0.2) is 0 Å². The number of anilines is 1. The van der Waals surface area contributed by atoms with Gasteiger partial charge in [-0.1, -0.05) is 13.3 Å². The van der Waals surface area contributed by atoms with Crippen molar-refractivity contribution in [1.82, 2.24) is 0 Å². The van der Waals surface area contributed by atoms with Gasteiger partial charge in [0.25, 0.3) is 0 Å². The van der Waals surface area contributed by atoms with Gasteiger partial charge in [-0.3, -0.25) is 4.79 Å². The lowest BCUT2D eigenvalue weighted by Crippen LogP contribution is -2.24. The highest BCUT2D eigenvalue weighted by Crippen LogP contribution is 2.40. The van der Waals surface area contributed by atoms with E-state index in [4.69, 9.17) is 4.74 Å². The molecule has 0 aliphatic heterocycles. The van der Waals surface area contributed by atoms with Crippen LogP contribution >= 0.6 is 11.3 Å². The van der Waals surface area contributed by atoms with Crippen molar-refractivity contribution >= 4 is 34.2 Å². The van der Waals surface area contributed by atoms with Crippen LogP contribution in [-0.2, 0) is 31.9 Å². The second-order valence-electron chi connectivity index (χ2n) is 5.39. The minimum absolute atomic E-state index is 0.255. The molecule has 23 heavy (non-hydrogen) atoms. The summed E-state index contributed by atoms with van der Waals surface area (Å²) in [6.45, 7) is 4.14. The van der Waals surface area contributed by atoms with Crippen molar-refractivity contribution in [3.05, 3.63) is 16.0 Å². The monoisotopic (exact) mass is 339 g/mol. The molecule has 0 spiro atoms. The molecule has 126 valence electrons. The molecule has 1 N–H and O–H groups in total. The molecule has 0 saturated carbocycles. The lowest BCUT2D eigenvalue weighted by molar-refractivity contribution is -0.150. The molecule has 1 aromatic heterocycles. The molecule has 1 aliphatic carbocycles. The number of hydrogen-bond acceptors (Lipinski definition) is 6. The van der Waals surface area contributed by atoms with Gasteiger partial charge in [0, 0.05) is 4.88 Å². The highest BCUT2D eigenvalue weighted by Gasteiger charge is 2.30. The van der Waals surface area contributed by atoms with E-state index >= 15 is 0 Å². The van der Waals surface area contributed by atoms with Crippen molar-refractivity contribution in [1.29, 1.82) is 0 Å². The number of carbonyl (C=O) groups excluding carboxylic acids is 3. The molecule has 1 amide bonds. The average Bonchev–Trinajstić information content (AvgIpc) is 2.90. The van der Waals surface area contributed by atoms with Gasteiger partial charge in [0.05, 0.1) is 19.3 Å². The number of hydrogen-bond donors (Lipinski definition) is 1. The van der Waals surface area contributed by atoms with Crippen LogP contribution in [0.25, 0.3) is 0 Å². The maximum atomic E-state index is 12.3. The number of methoxy groups -OCH3 is 1. The van der Waals surface area contributed by atoms with Crippen molar-refractivity contribution < 1.29 is 23.9 Å². The maximum absolute atomic E-state index is 12.3. The molecule has 0 radical (unpaired) electrons. The van der Waals surface area contributed by atoms with Crippen molar-refractivity contribution in [2.24, 2.45) is 5.92 Å². The first-order valence-electron chi connectivity index (χ1n) is 7.72. The summed E-state index contributed by atoms with van der Waals surface area (Å²) in [5.74, 6) is -1.75. The van der Waals surface area contributed by atoms with Crippen LogP contribution in [0.2, 0.25) is 0 Å². The molecule has 1 aromatic rings. The van der Waals surface area contributed by atoms with E-state index in [2.05, 4.69) is 17.0 Å². The number of rotatable bonds is 4. The van der Waals surface area contributed by atoms with E-state index in [1.807, 2.05) is 0 Å². The largest absolute Gasteiger partial charge is 0.462 e. The van der Waals surface area contributed by atoms with Gasteiger partial charge in [0.2, 0.25) is 0 Å². The van der Waals surface area contributed by atoms with Crippen LogP contribution in [0.4, 0.5) is 5.00 Å². The summed E-state index contributed by atoms with van der Waals surface area (Å²) in [6.07, 6.45) is 3.76. The Balaban J connectivity index is 2.36. The van der Waals surface area contributed by atoms with Gasteiger partial charge in [-0.25, -0.2) is 9.59 Å². The third kappa shape index (κ3) is 3.72. The van der Waals surface area contributed by atoms with E-state index < -0.39 is 17.8 Å². The number of thiophene rings is 1. The van der Waals surface area contributed by atoms with Gasteiger partial charge in [-0.05, 0) is 37.7 Å². The number of ether oxygens (including phenoxy) is 2. The van der Waals surface area contributed by atoms with Crippen LogP contribution in [0, 0.1) is 5.92 Å². The van der Waals surface area contributed by atoms with Gasteiger partial charge in [-0.2, -0.15) is 0 Å². The first-order valence-corrected chi connectivity index (χ1v) is 8.54. The number of nitrogens with one attached hydrogen (secondary N) is 1. The predicted octanol–water partition coefficient (Wildman–Crippen LogP) is 2.55. The summed E-state index contributed by atoms with van der Waals surface area (Å²) in [4.78, 5) is 36.5. The lowest BCUT2D eigenvalue weighted by Gasteiger charge is -2.20. The van der Waals surface area contributed by atoms with Crippen LogP contribution < -0.4 is 5.32 Å². The van der Waals surface area contributed by atoms with E-state index in [1.54, 1.807) is 6.92 Å². The van der Waals surface area contributed by atoms with Gasteiger partial charge in [0.1, 0.15) is 5.00 Å². The van der Waals surface area contributed by atoms with E-state index in [1.165, 1.54) is 11.3 Å². The SMILES string of the molecule is CCOC(=O)c1c(NC(=O)C(=O)OC)sc2c1CCC(CC)C2. The van der Waals surface area contributed by atoms with Crippen LogP contribution in [0.1, 0.15) is 47.5 Å². The highest BCUT2D eigenvalue weighted by atomic mass is 32.1. The molecule has 1 heterocycles. The molecule has 1 unspecified atom stereocenters. The Morgan fingerprint density at radius 3 is 2.65 bits per heavy atom. The third-order valence-corrected chi connectivity index (χ3v) is 5.19. The predicted molar refractivity (Wildman–Crippen MR) is 86.7 cm³/mol. The zero-order valence-electron chi connectivity index (χ0n) is 13.6. The number of amides is 1. The molecular formula is C16H21NO5S. The van der Waals surface area contributed by atoms with Crippen LogP contribution in [0.15, 0.2) is 0 Å². The summed E-state index contributed by atoms with van der Waals surface area (Å²) in [6, 6.07) is 0. The number of carbonyl (C=O) groups is 3. The van der Waals surface area contributed by atoms with Crippen LogP contribution in [-0.4, -0.2) is 31.6 Å². The second kappa shape index (κ2) is 7.59. The Kier molecular flexibility index (Phi) is 5.76. The van der Waals surface area contributed by atoms with Gasteiger partial charge >= 0.3 is 17.8 Å². The first-order chi connectivity index (χ1) is 11.0. The van der Waals surface area contributed by atoms with Crippen LogP contribution in [0.3, 0.4) is 0 Å². The molecule has 6 nitrogen and oxygen atoms in total. The molecule has 0 saturated heterocycles. The Bertz CT molecular complexity index is 622. The van der Waals surface area contributed by atoms with E-state index in [0.717, 1.165) is 43.2 Å². The minimum atomic E-state index is -0.988. The Hall–Kier alpha value is -1.89. The summed E-state index contributed by atoms with van der Waals surface area (Å²) < 4.78 is 9.52. The molecule has 0 bridgehead atoms. The molecule has 0 fully saturated rings. The van der Waals surface area contributed by atoms with Crippen molar-refractivity contribution in [3.63, 3.8) is 0 Å². The van der Waals surface area contributed by atoms with Crippen molar-refractivity contribution in [2.45, 2.75) is 39.5 Å². The molecular weight excluding hydrogens is 318 g/mol. The van der Waals surface area contributed by atoms with Crippen molar-refractivity contribution in [2.75, 3.05) is 19.0 Å². The molecule has 0 aromatic carbocycles. The fraction of sp³-hybridized carbons (Fsp3) is 0.562. The van der Waals surface area contributed by atoms with E-state index in [-0.39, 0.29) is 6.61 Å². The maximum Gasteiger partial charge on any atom is 0.396 e. The minimum Gasteiger partial charge on any atom is -0.462 e. The Labute approximate surface area is 139 Å². The zero-order chi connectivity index (χ0) is 17.0. The Morgan fingerprint density at radius 2 is 2.04 bits per heavy atom. The summed E-state index contributed by atoms with van der Waals surface area (Å²) in [7, 11) is 1.14. The molecule has 7 heteroatoms. The Morgan fingerprint density at radius 1 is 1.30 bits per heavy atom. The average molecular weight is 339 g/mol. The second-order valence-corrected chi connectivity index (χ2v) is 6.50. The third-order valence-electron chi connectivity index (χ3n) is 4.02. The topological polar surface area (TPSA) is 81.7 Å². The number of esters is 2.